The molecule has 1 rings (SSSR count). The Morgan fingerprint density at radius 1 is 0.909 bits per heavy atom. The lowest BCUT2D eigenvalue weighted by atomic mass is 10.0. The highest BCUT2D eigenvalue weighted by molar-refractivity contribution is 5.96. The van der Waals surface area contributed by atoms with Gasteiger partial charge >= 0.3 is 5.97 Å². The SMILES string of the molecule is CC(NC(=O)C(CC(N)=O)NC(=O)C(N)Cc1ccc(O)cc1)C(=O)NC(C(=O)O)C(C)C. The number of hydrogen-bond donors (Lipinski definition) is 7. The van der Waals surface area contributed by atoms with Gasteiger partial charge in [-0.1, -0.05) is 26.0 Å². The van der Waals surface area contributed by atoms with Gasteiger partial charge in [-0.25, -0.2) is 4.79 Å². The second kappa shape index (κ2) is 12.4. The number of aromatic hydroxyl groups is 1. The van der Waals surface area contributed by atoms with E-state index < -0.39 is 66.1 Å². The van der Waals surface area contributed by atoms with Gasteiger partial charge in [0, 0.05) is 0 Å². The summed E-state index contributed by atoms with van der Waals surface area (Å²) in [6, 6.07) is 1.26. The van der Waals surface area contributed by atoms with Gasteiger partial charge < -0.3 is 37.6 Å². The van der Waals surface area contributed by atoms with E-state index in [0.29, 0.717) is 5.56 Å². The molecule has 4 unspecified atom stereocenters. The van der Waals surface area contributed by atoms with Gasteiger partial charge in [0.25, 0.3) is 0 Å². The van der Waals surface area contributed by atoms with Gasteiger partial charge in [-0.15, -0.1) is 0 Å². The molecule has 0 aliphatic carbocycles. The molecular formula is C21H31N5O7. The number of rotatable bonds is 12. The van der Waals surface area contributed by atoms with E-state index in [2.05, 4.69) is 16.0 Å². The van der Waals surface area contributed by atoms with Crippen LogP contribution in [-0.2, 0) is 30.4 Å². The van der Waals surface area contributed by atoms with Gasteiger partial charge in [0.15, 0.2) is 0 Å². The van der Waals surface area contributed by atoms with Gasteiger partial charge in [-0.2, -0.15) is 0 Å². The fourth-order valence-corrected chi connectivity index (χ4v) is 2.84. The van der Waals surface area contributed by atoms with Crippen LogP contribution in [0.15, 0.2) is 24.3 Å². The molecule has 0 saturated heterocycles. The van der Waals surface area contributed by atoms with E-state index in [9.17, 15) is 34.2 Å². The molecule has 0 aliphatic rings. The van der Waals surface area contributed by atoms with Crippen molar-refractivity contribution in [3.05, 3.63) is 29.8 Å². The molecule has 4 amide bonds. The number of nitrogens with two attached hydrogens (primary N) is 2. The van der Waals surface area contributed by atoms with Crippen molar-refractivity contribution in [2.45, 2.75) is 57.8 Å². The molecule has 0 aliphatic heterocycles. The fraction of sp³-hybridized carbons (Fsp3) is 0.476. The van der Waals surface area contributed by atoms with E-state index in [-0.39, 0.29) is 12.2 Å². The van der Waals surface area contributed by atoms with Gasteiger partial charge in [0.05, 0.1) is 12.5 Å². The minimum Gasteiger partial charge on any atom is -0.508 e. The highest BCUT2D eigenvalue weighted by atomic mass is 16.4. The lowest BCUT2D eigenvalue weighted by molar-refractivity contribution is -0.143. The van der Waals surface area contributed by atoms with E-state index >= 15 is 0 Å². The average molecular weight is 466 g/mol. The second-order valence-electron chi connectivity index (χ2n) is 8.01. The van der Waals surface area contributed by atoms with Crippen LogP contribution in [0.1, 0.15) is 32.8 Å². The van der Waals surface area contributed by atoms with Gasteiger partial charge in [-0.05, 0) is 37.0 Å². The van der Waals surface area contributed by atoms with Crippen LogP contribution in [-0.4, -0.2) is 64.0 Å². The first-order chi connectivity index (χ1) is 15.3. The first-order valence-corrected chi connectivity index (χ1v) is 10.3. The predicted octanol–water partition coefficient (Wildman–Crippen LogP) is -1.65. The molecule has 9 N–H and O–H groups in total. The van der Waals surface area contributed by atoms with Crippen molar-refractivity contribution in [1.29, 1.82) is 0 Å². The van der Waals surface area contributed by atoms with Crippen molar-refractivity contribution in [3.8, 4) is 5.75 Å². The maximum atomic E-state index is 12.6. The number of hydrogen-bond acceptors (Lipinski definition) is 7. The number of primary amides is 1. The molecule has 0 saturated carbocycles. The number of aliphatic carboxylic acids is 1. The highest BCUT2D eigenvalue weighted by Crippen LogP contribution is 2.11. The molecule has 0 heterocycles. The second-order valence-corrected chi connectivity index (χ2v) is 8.01. The Bertz CT molecular complexity index is 872. The number of nitrogens with one attached hydrogen (secondary N) is 3. The van der Waals surface area contributed by atoms with Crippen molar-refractivity contribution in [1.82, 2.24) is 16.0 Å². The fourth-order valence-electron chi connectivity index (χ4n) is 2.84. The summed E-state index contributed by atoms with van der Waals surface area (Å²) < 4.78 is 0. The van der Waals surface area contributed by atoms with Crippen LogP contribution in [0.3, 0.4) is 0 Å². The highest BCUT2D eigenvalue weighted by Gasteiger charge is 2.30. The lowest BCUT2D eigenvalue weighted by Gasteiger charge is -2.24. The molecule has 1 aromatic carbocycles. The van der Waals surface area contributed by atoms with E-state index in [4.69, 9.17) is 11.5 Å². The molecule has 12 nitrogen and oxygen atoms in total. The number of carbonyl (C=O) groups excluding carboxylic acids is 4. The molecule has 1 aromatic rings. The first-order valence-electron chi connectivity index (χ1n) is 10.3. The molecule has 12 heteroatoms. The topological polar surface area (TPSA) is 214 Å². The summed E-state index contributed by atoms with van der Waals surface area (Å²) in [6.45, 7) is 4.55. The maximum absolute atomic E-state index is 12.6. The lowest BCUT2D eigenvalue weighted by Crippen LogP contribution is -2.57. The van der Waals surface area contributed by atoms with Gasteiger partial charge in [-0.3, -0.25) is 19.2 Å². The number of phenols is 1. The van der Waals surface area contributed by atoms with Gasteiger partial charge in [0.2, 0.25) is 23.6 Å². The number of carbonyl (C=O) groups is 5. The van der Waals surface area contributed by atoms with Crippen LogP contribution < -0.4 is 27.4 Å². The molecule has 182 valence electrons. The van der Waals surface area contributed by atoms with Crippen LogP contribution in [0.25, 0.3) is 0 Å². The molecule has 0 spiro atoms. The molecule has 33 heavy (non-hydrogen) atoms. The standard InChI is InChI=1S/C21H31N5O7/c1-10(2)17(21(32)33)26-18(29)11(3)24-20(31)15(9-16(23)28)25-19(30)14(22)8-12-4-6-13(27)7-5-12/h4-7,10-11,14-15,17,27H,8-9,22H2,1-3H3,(H2,23,28)(H,24,31)(H,25,30)(H,26,29)(H,32,33). The minimum atomic E-state index is -1.39. The molecular weight excluding hydrogens is 434 g/mol. The first kappa shape index (κ1) is 27.4. The van der Waals surface area contributed by atoms with Gasteiger partial charge in [0.1, 0.15) is 23.9 Å². The number of benzene rings is 1. The van der Waals surface area contributed by atoms with Crippen LogP contribution in [0.4, 0.5) is 0 Å². The van der Waals surface area contributed by atoms with E-state index in [1.165, 1.54) is 19.1 Å². The zero-order chi connectivity index (χ0) is 25.3. The normalized spacial score (nSPS) is 14.5. The van der Waals surface area contributed by atoms with Crippen LogP contribution in [0.2, 0.25) is 0 Å². The van der Waals surface area contributed by atoms with Crippen molar-refractivity contribution >= 4 is 29.6 Å². The number of carboxylic acids is 1. The number of carboxylic acid groups (broad SMARTS) is 1. The quantitative estimate of drug-likeness (QED) is 0.189. The van der Waals surface area contributed by atoms with E-state index in [1.807, 2.05) is 0 Å². The largest absolute Gasteiger partial charge is 0.508 e. The summed E-state index contributed by atoms with van der Waals surface area (Å²) in [5.41, 5.74) is 11.7. The summed E-state index contributed by atoms with van der Waals surface area (Å²) in [4.78, 5) is 60.0. The van der Waals surface area contributed by atoms with Crippen molar-refractivity contribution in [2.75, 3.05) is 0 Å². The summed E-state index contributed by atoms with van der Waals surface area (Å²) in [5.74, 6) is -4.78. The molecule has 0 fully saturated rings. The minimum absolute atomic E-state index is 0.0520. The molecule has 0 aromatic heterocycles. The Hall–Kier alpha value is -3.67. The van der Waals surface area contributed by atoms with E-state index in [1.54, 1.807) is 26.0 Å². The third kappa shape index (κ3) is 9.15. The molecule has 4 atom stereocenters. The summed E-state index contributed by atoms with van der Waals surface area (Å²) in [7, 11) is 0. The van der Waals surface area contributed by atoms with Crippen molar-refractivity contribution in [2.24, 2.45) is 17.4 Å². The van der Waals surface area contributed by atoms with Crippen molar-refractivity contribution in [3.63, 3.8) is 0 Å². The Morgan fingerprint density at radius 2 is 1.48 bits per heavy atom. The Balaban J connectivity index is 2.79. The van der Waals surface area contributed by atoms with Crippen LogP contribution >= 0.6 is 0 Å². The maximum Gasteiger partial charge on any atom is 0.326 e. The number of phenolic OH excluding ortho intramolecular Hbond substituents is 1. The zero-order valence-electron chi connectivity index (χ0n) is 18.7. The van der Waals surface area contributed by atoms with Crippen molar-refractivity contribution < 1.29 is 34.2 Å². The third-order valence-corrected chi connectivity index (χ3v) is 4.75. The smallest absolute Gasteiger partial charge is 0.326 e. The molecule has 0 bridgehead atoms. The molecule has 0 radical (unpaired) electrons. The Kier molecular flexibility index (Phi) is 10.3. The Morgan fingerprint density at radius 3 is 1.97 bits per heavy atom. The van der Waals surface area contributed by atoms with Crippen LogP contribution in [0, 0.1) is 5.92 Å². The van der Waals surface area contributed by atoms with Crippen LogP contribution in [0.5, 0.6) is 5.75 Å². The number of amides is 4. The predicted molar refractivity (Wildman–Crippen MR) is 118 cm³/mol. The average Bonchev–Trinajstić information content (AvgIpc) is 2.71. The monoisotopic (exact) mass is 465 g/mol. The third-order valence-electron chi connectivity index (χ3n) is 4.75. The summed E-state index contributed by atoms with van der Waals surface area (Å²) in [5, 5.41) is 25.5. The Labute approximate surface area is 191 Å². The summed E-state index contributed by atoms with van der Waals surface area (Å²) >= 11 is 0. The zero-order valence-corrected chi connectivity index (χ0v) is 18.7. The van der Waals surface area contributed by atoms with E-state index in [0.717, 1.165) is 0 Å². The summed E-state index contributed by atoms with van der Waals surface area (Å²) in [6.07, 6.45) is -0.441.